The van der Waals surface area contributed by atoms with E-state index in [1.54, 1.807) is 18.6 Å². The number of aryl methyl sites for hydroxylation is 1. The number of aromatic nitrogens is 5. The van der Waals surface area contributed by atoms with Gasteiger partial charge >= 0.3 is 0 Å². The fraction of sp³-hybridized carbons (Fsp3) is 0.360. The molecule has 3 aliphatic rings. The van der Waals surface area contributed by atoms with E-state index in [1.165, 1.54) is 44.5 Å². The van der Waals surface area contributed by atoms with Crippen molar-refractivity contribution in [3.63, 3.8) is 0 Å². The van der Waals surface area contributed by atoms with E-state index in [9.17, 15) is 4.39 Å². The van der Waals surface area contributed by atoms with Crippen LogP contribution in [0, 0.1) is 24.6 Å². The number of halogens is 1. The molecule has 7 heteroatoms. The lowest BCUT2D eigenvalue weighted by Crippen LogP contribution is -2.40. The first kappa shape index (κ1) is 19.3. The largest absolute Gasteiger partial charge is 0.367 e. The second kappa shape index (κ2) is 7.65. The fourth-order valence-corrected chi connectivity index (χ4v) is 5.47. The van der Waals surface area contributed by atoms with Crippen molar-refractivity contribution in [2.45, 2.75) is 45.1 Å². The average molecular weight is 429 g/mol. The summed E-state index contributed by atoms with van der Waals surface area (Å²) in [7, 11) is 0. The third-order valence-electron chi connectivity index (χ3n) is 7.09. The molecule has 1 aromatic carbocycles. The van der Waals surface area contributed by atoms with Crippen LogP contribution in [0.2, 0.25) is 0 Å². The minimum absolute atomic E-state index is 0.268. The summed E-state index contributed by atoms with van der Waals surface area (Å²) in [5.41, 5.74) is 3.70. The molecule has 0 amide bonds. The number of hydrogen-bond acceptors (Lipinski definition) is 5. The smallest absolute Gasteiger partial charge is 0.164 e. The Kier molecular flexibility index (Phi) is 4.63. The zero-order chi connectivity index (χ0) is 21.7. The van der Waals surface area contributed by atoms with Crippen molar-refractivity contribution in [3.8, 4) is 22.6 Å². The molecule has 0 spiro atoms. The number of nitrogens with one attached hydrogen (secondary N) is 2. The lowest BCUT2D eigenvalue weighted by atomic mass is 9.68. The Bertz CT molecular complexity index is 1280. The Balaban J connectivity index is 1.46. The van der Waals surface area contributed by atoms with Gasteiger partial charge in [-0.1, -0.05) is 12.8 Å². The standard InChI is InChI=1S/C25H25FN6/c1-14-6-18-19(12-29-24(18)20(26)7-14)25-31-22(17-10-27-13-28-11-17)9-23(32-25)30-21-8-15-2-4-16(21)5-3-15/h6-7,9-13,15-16,21,29H,2-5,8H2,1H3,(H,30,31,32). The summed E-state index contributed by atoms with van der Waals surface area (Å²) >= 11 is 0. The quantitative estimate of drug-likeness (QED) is 0.447. The van der Waals surface area contributed by atoms with Crippen LogP contribution in [-0.4, -0.2) is 31.0 Å². The molecule has 162 valence electrons. The van der Waals surface area contributed by atoms with Gasteiger partial charge < -0.3 is 10.3 Å². The third-order valence-corrected chi connectivity index (χ3v) is 7.09. The second-order valence-corrected chi connectivity index (χ2v) is 9.23. The first-order valence-corrected chi connectivity index (χ1v) is 11.3. The van der Waals surface area contributed by atoms with Crippen LogP contribution in [0.1, 0.15) is 37.7 Å². The minimum atomic E-state index is -0.268. The van der Waals surface area contributed by atoms with E-state index in [0.717, 1.165) is 39.5 Å². The molecule has 2 N–H and O–H groups in total. The van der Waals surface area contributed by atoms with Crippen LogP contribution >= 0.6 is 0 Å². The van der Waals surface area contributed by atoms with Crippen molar-refractivity contribution in [1.82, 2.24) is 24.9 Å². The highest BCUT2D eigenvalue weighted by atomic mass is 19.1. The van der Waals surface area contributed by atoms with Crippen LogP contribution in [-0.2, 0) is 0 Å². The van der Waals surface area contributed by atoms with E-state index in [2.05, 4.69) is 20.3 Å². The maximum Gasteiger partial charge on any atom is 0.164 e. The SMILES string of the molecule is Cc1cc(F)c2[nH]cc(-c3nc(NC4CC5CCC4CC5)cc(-c4cncnc4)n3)c2c1. The normalized spacial score (nSPS) is 22.4. The molecule has 1 atom stereocenters. The van der Waals surface area contributed by atoms with E-state index >= 15 is 0 Å². The van der Waals surface area contributed by atoms with Gasteiger partial charge in [0.25, 0.3) is 0 Å². The summed E-state index contributed by atoms with van der Waals surface area (Å²) in [6, 6.07) is 5.92. The molecule has 32 heavy (non-hydrogen) atoms. The highest BCUT2D eigenvalue weighted by molar-refractivity contribution is 5.95. The molecule has 3 saturated carbocycles. The molecule has 6 nitrogen and oxygen atoms in total. The Morgan fingerprint density at radius 3 is 2.59 bits per heavy atom. The molecule has 4 aromatic rings. The molecule has 3 aromatic heterocycles. The minimum Gasteiger partial charge on any atom is -0.367 e. The number of aromatic amines is 1. The Hall–Kier alpha value is -3.35. The number of nitrogens with zero attached hydrogens (tertiary/aromatic N) is 4. The first-order chi connectivity index (χ1) is 15.6. The number of fused-ring (bicyclic) bond motifs is 4. The van der Waals surface area contributed by atoms with Crippen molar-refractivity contribution in [2.75, 3.05) is 5.32 Å². The van der Waals surface area contributed by atoms with Crippen LogP contribution in [0.15, 0.2) is 43.1 Å². The van der Waals surface area contributed by atoms with Gasteiger partial charge in [0.05, 0.1) is 11.2 Å². The van der Waals surface area contributed by atoms with E-state index in [4.69, 9.17) is 9.97 Å². The third kappa shape index (κ3) is 3.42. The maximum absolute atomic E-state index is 14.5. The van der Waals surface area contributed by atoms with Crippen molar-refractivity contribution in [1.29, 1.82) is 0 Å². The average Bonchev–Trinajstić information content (AvgIpc) is 3.24. The van der Waals surface area contributed by atoms with E-state index in [1.807, 2.05) is 19.1 Å². The summed E-state index contributed by atoms with van der Waals surface area (Å²) in [4.78, 5) is 21.1. The van der Waals surface area contributed by atoms with Gasteiger partial charge in [-0.2, -0.15) is 0 Å². The number of H-pyrrole nitrogens is 1. The van der Waals surface area contributed by atoms with Crippen molar-refractivity contribution >= 4 is 16.7 Å². The van der Waals surface area contributed by atoms with Crippen LogP contribution < -0.4 is 5.32 Å². The molecule has 3 fully saturated rings. The van der Waals surface area contributed by atoms with E-state index in [0.29, 0.717) is 23.3 Å². The molecule has 3 aliphatic carbocycles. The molecule has 0 radical (unpaired) electrons. The molecule has 1 unspecified atom stereocenters. The van der Waals surface area contributed by atoms with Gasteiger partial charge in [0.15, 0.2) is 5.82 Å². The Morgan fingerprint density at radius 1 is 1.03 bits per heavy atom. The number of benzene rings is 1. The molecule has 0 aliphatic heterocycles. The number of rotatable bonds is 4. The molecule has 7 rings (SSSR count). The van der Waals surface area contributed by atoms with Crippen LogP contribution in [0.5, 0.6) is 0 Å². The number of anilines is 1. The lowest BCUT2D eigenvalue weighted by molar-refractivity contribution is 0.157. The van der Waals surface area contributed by atoms with Gasteiger partial charge in [-0.25, -0.2) is 24.3 Å². The van der Waals surface area contributed by atoms with Gasteiger partial charge in [0.1, 0.15) is 18.0 Å². The van der Waals surface area contributed by atoms with Gasteiger partial charge in [0.2, 0.25) is 0 Å². The van der Waals surface area contributed by atoms with Gasteiger partial charge in [-0.05, 0) is 55.7 Å². The zero-order valence-electron chi connectivity index (χ0n) is 18.0. The van der Waals surface area contributed by atoms with Crippen molar-refractivity contribution in [2.24, 2.45) is 11.8 Å². The number of hydrogen-bond donors (Lipinski definition) is 2. The van der Waals surface area contributed by atoms with Crippen molar-refractivity contribution in [3.05, 3.63) is 54.5 Å². The monoisotopic (exact) mass is 428 g/mol. The summed E-state index contributed by atoms with van der Waals surface area (Å²) in [5, 5.41) is 4.50. The molecule has 0 saturated heterocycles. The predicted octanol–water partition coefficient (Wildman–Crippen LogP) is 5.52. The van der Waals surface area contributed by atoms with Crippen LogP contribution in [0.4, 0.5) is 10.2 Å². The molecule has 2 bridgehead atoms. The fourth-order valence-electron chi connectivity index (χ4n) is 5.47. The molecular formula is C25H25FN6. The Labute approximate surface area is 185 Å². The highest BCUT2D eigenvalue weighted by Crippen LogP contribution is 2.42. The topological polar surface area (TPSA) is 79.4 Å². The Morgan fingerprint density at radius 2 is 1.84 bits per heavy atom. The highest BCUT2D eigenvalue weighted by Gasteiger charge is 2.35. The lowest BCUT2D eigenvalue weighted by Gasteiger charge is -2.42. The first-order valence-electron chi connectivity index (χ1n) is 11.3. The zero-order valence-corrected chi connectivity index (χ0v) is 18.0. The van der Waals surface area contributed by atoms with Crippen molar-refractivity contribution < 1.29 is 4.39 Å². The van der Waals surface area contributed by atoms with Gasteiger partial charge in [0, 0.05) is 47.2 Å². The molecular weight excluding hydrogens is 403 g/mol. The predicted molar refractivity (Wildman–Crippen MR) is 123 cm³/mol. The van der Waals surface area contributed by atoms with Gasteiger partial charge in [-0.15, -0.1) is 0 Å². The van der Waals surface area contributed by atoms with Gasteiger partial charge in [-0.3, -0.25) is 0 Å². The maximum atomic E-state index is 14.5. The van der Waals surface area contributed by atoms with E-state index in [-0.39, 0.29) is 5.82 Å². The van der Waals surface area contributed by atoms with Crippen LogP contribution in [0.25, 0.3) is 33.5 Å². The molecule has 3 heterocycles. The van der Waals surface area contributed by atoms with Crippen LogP contribution in [0.3, 0.4) is 0 Å². The second-order valence-electron chi connectivity index (χ2n) is 9.23. The summed E-state index contributed by atoms with van der Waals surface area (Å²) in [5.74, 6) is 2.61. The summed E-state index contributed by atoms with van der Waals surface area (Å²) in [6.45, 7) is 1.89. The summed E-state index contributed by atoms with van der Waals surface area (Å²) in [6.07, 6.45) is 13.3. The van der Waals surface area contributed by atoms with E-state index < -0.39 is 0 Å². The summed E-state index contributed by atoms with van der Waals surface area (Å²) < 4.78 is 14.5.